The van der Waals surface area contributed by atoms with Crippen LogP contribution in [-0.4, -0.2) is 23.0 Å². The van der Waals surface area contributed by atoms with Crippen molar-refractivity contribution in [3.05, 3.63) is 58.9 Å². The van der Waals surface area contributed by atoms with Gasteiger partial charge in [0.2, 0.25) is 0 Å². The van der Waals surface area contributed by atoms with E-state index in [1.807, 2.05) is 0 Å². The predicted octanol–water partition coefficient (Wildman–Crippen LogP) is 2.13. The molecule has 2 aromatic rings. The molecule has 2 rings (SSSR count). The summed E-state index contributed by atoms with van der Waals surface area (Å²) in [5, 5.41) is 6.61. The highest BCUT2D eigenvalue weighted by atomic mass is 35.5. The quantitative estimate of drug-likeness (QED) is 0.517. The lowest BCUT2D eigenvalue weighted by molar-refractivity contribution is -0.136. The summed E-state index contributed by atoms with van der Waals surface area (Å²) < 4.78 is 0. The van der Waals surface area contributed by atoms with Crippen LogP contribution >= 0.6 is 11.6 Å². The normalized spacial score (nSPS) is 10.5. The molecule has 2 amide bonds. The van der Waals surface area contributed by atoms with Crippen LogP contribution in [0.5, 0.6) is 0 Å². The molecule has 1 aromatic heterocycles. The lowest BCUT2D eigenvalue weighted by atomic mass is 10.2. The van der Waals surface area contributed by atoms with Crippen LogP contribution in [0, 0.1) is 6.92 Å². The van der Waals surface area contributed by atoms with E-state index in [0.29, 0.717) is 16.4 Å². The highest BCUT2D eigenvalue weighted by Gasteiger charge is 2.14. The van der Waals surface area contributed by atoms with Crippen molar-refractivity contribution < 1.29 is 9.59 Å². The van der Waals surface area contributed by atoms with Crippen LogP contribution in [0.4, 0.5) is 5.69 Å². The van der Waals surface area contributed by atoms with Crippen molar-refractivity contribution in [2.24, 2.45) is 5.10 Å². The Morgan fingerprint density at radius 3 is 2.77 bits per heavy atom. The Balaban J connectivity index is 1.94. The number of rotatable bonds is 3. The summed E-state index contributed by atoms with van der Waals surface area (Å²) in [4.78, 5) is 27.4. The number of halogens is 1. The van der Waals surface area contributed by atoms with Gasteiger partial charge in [-0.15, -0.1) is 0 Å². The first-order chi connectivity index (χ1) is 10.6. The zero-order valence-electron chi connectivity index (χ0n) is 11.7. The molecule has 0 saturated carbocycles. The van der Waals surface area contributed by atoms with E-state index in [1.165, 1.54) is 6.21 Å². The SMILES string of the molecule is Cc1ccc(Cl)cc1NC(=O)C(=O)N/N=C\c1ccccn1. The molecule has 112 valence electrons. The number of anilines is 1. The molecule has 0 unspecified atom stereocenters. The van der Waals surface area contributed by atoms with Crippen molar-refractivity contribution in [1.82, 2.24) is 10.4 Å². The number of hydrazone groups is 1. The van der Waals surface area contributed by atoms with Gasteiger partial charge in [-0.05, 0) is 36.8 Å². The maximum Gasteiger partial charge on any atom is 0.329 e. The van der Waals surface area contributed by atoms with Gasteiger partial charge in [-0.25, -0.2) is 5.43 Å². The van der Waals surface area contributed by atoms with E-state index in [1.54, 1.807) is 49.5 Å². The molecule has 0 spiro atoms. The fourth-order valence-corrected chi connectivity index (χ4v) is 1.74. The second kappa shape index (κ2) is 7.33. The molecule has 0 saturated heterocycles. The first-order valence-corrected chi connectivity index (χ1v) is 6.75. The van der Waals surface area contributed by atoms with Crippen LogP contribution in [0.15, 0.2) is 47.7 Å². The highest BCUT2D eigenvalue weighted by molar-refractivity contribution is 6.40. The molecule has 0 aliphatic heterocycles. The summed E-state index contributed by atoms with van der Waals surface area (Å²) in [5.41, 5.74) is 3.96. The topological polar surface area (TPSA) is 83.5 Å². The van der Waals surface area contributed by atoms with Gasteiger partial charge in [0.15, 0.2) is 0 Å². The molecule has 0 aliphatic carbocycles. The molecule has 2 N–H and O–H groups in total. The van der Waals surface area contributed by atoms with Gasteiger partial charge >= 0.3 is 11.8 Å². The summed E-state index contributed by atoms with van der Waals surface area (Å²) in [6.07, 6.45) is 2.94. The van der Waals surface area contributed by atoms with Gasteiger partial charge < -0.3 is 5.32 Å². The minimum Gasteiger partial charge on any atom is -0.317 e. The Hall–Kier alpha value is -2.73. The number of benzene rings is 1. The number of aryl methyl sites for hydroxylation is 1. The summed E-state index contributed by atoms with van der Waals surface area (Å²) >= 11 is 5.85. The molecule has 6 nitrogen and oxygen atoms in total. The molecule has 0 fully saturated rings. The summed E-state index contributed by atoms with van der Waals surface area (Å²) in [5.74, 6) is -1.71. The fourth-order valence-electron chi connectivity index (χ4n) is 1.57. The fraction of sp³-hybridized carbons (Fsp3) is 0.0667. The number of carbonyl (C=O) groups excluding carboxylic acids is 2. The van der Waals surface area contributed by atoms with Crippen LogP contribution in [0.2, 0.25) is 5.02 Å². The lowest BCUT2D eigenvalue weighted by Gasteiger charge is -2.07. The van der Waals surface area contributed by atoms with Crippen LogP contribution in [0.25, 0.3) is 0 Å². The Morgan fingerprint density at radius 1 is 1.23 bits per heavy atom. The summed E-state index contributed by atoms with van der Waals surface area (Å²) in [7, 11) is 0. The smallest absolute Gasteiger partial charge is 0.317 e. The Morgan fingerprint density at radius 2 is 2.05 bits per heavy atom. The highest BCUT2D eigenvalue weighted by Crippen LogP contribution is 2.19. The Kier molecular flexibility index (Phi) is 5.21. The first kappa shape index (κ1) is 15.7. The predicted molar refractivity (Wildman–Crippen MR) is 84.8 cm³/mol. The minimum atomic E-state index is -0.883. The van der Waals surface area contributed by atoms with Gasteiger partial charge in [-0.3, -0.25) is 14.6 Å². The third-order valence-electron chi connectivity index (χ3n) is 2.70. The van der Waals surface area contributed by atoms with Crippen LogP contribution in [0.3, 0.4) is 0 Å². The number of aromatic nitrogens is 1. The van der Waals surface area contributed by atoms with E-state index >= 15 is 0 Å². The molecular weight excluding hydrogens is 304 g/mol. The summed E-state index contributed by atoms with van der Waals surface area (Å²) in [6.45, 7) is 1.79. The largest absolute Gasteiger partial charge is 0.329 e. The van der Waals surface area contributed by atoms with Crippen LogP contribution in [0.1, 0.15) is 11.3 Å². The Bertz CT molecular complexity index is 717. The second-order valence-corrected chi connectivity index (χ2v) is 4.80. The maximum absolute atomic E-state index is 11.8. The van der Waals surface area contributed by atoms with Crippen LogP contribution < -0.4 is 10.7 Å². The molecular formula is C15H13ClN4O2. The lowest BCUT2D eigenvalue weighted by Crippen LogP contribution is -2.32. The average Bonchev–Trinajstić information content (AvgIpc) is 2.52. The number of amides is 2. The van der Waals surface area contributed by atoms with Crippen LogP contribution in [-0.2, 0) is 9.59 Å². The van der Waals surface area contributed by atoms with Gasteiger partial charge in [0.05, 0.1) is 11.9 Å². The first-order valence-electron chi connectivity index (χ1n) is 6.38. The van der Waals surface area contributed by atoms with Gasteiger partial charge in [0.1, 0.15) is 0 Å². The van der Waals surface area contributed by atoms with E-state index in [-0.39, 0.29) is 0 Å². The van der Waals surface area contributed by atoms with Crippen molar-refractivity contribution in [1.29, 1.82) is 0 Å². The minimum absolute atomic E-state index is 0.467. The van der Waals surface area contributed by atoms with Gasteiger partial charge in [-0.2, -0.15) is 5.10 Å². The van der Waals surface area contributed by atoms with Gasteiger partial charge in [0, 0.05) is 16.9 Å². The van der Waals surface area contributed by atoms with Crippen molar-refractivity contribution >= 4 is 35.3 Å². The third-order valence-corrected chi connectivity index (χ3v) is 2.94. The zero-order valence-corrected chi connectivity index (χ0v) is 12.5. The van der Waals surface area contributed by atoms with Crippen molar-refractivity contribution in [2.75, 3.05) is 5.32 Å². The maximum atomic E-state index is 11.8. The third kappa shape index (κ3) is 4.39. The number of hydrogen-bond donors (Lipinski definition) is 2. The monoisotopic (exact) mass is 316 g/mol. The van der Waals surface area contributed by atoms with E-state index < -0.39 is 11.8 Å². The van der Waals surface area contributed by atoms with E-state index in [2.05, 4.69) is 20.8 Å². The van der Waals surface area contributed by atoms with Crippen molar-refractivity contribution in [3.8, 4) is 0 Å². The number of nitrogens with zero attached hydrogens (tertiary/aromatic N) is 2. The molecule has 1 heterocycles. The molecule has 1 aromatic carbocycles. The van der Waals surface area contributed by atoms with Gasteiger partial charge in [0.25, 0.3) is 0 Å². The zero-order chi connectivity index (χ0) is 15.9. The second-order valence-electron chi connectivity index (χ2n) is 4.37. The van der Waals surface area contributed by atoms with E-state index in [0.717, 1.165) is 5.56 Å². The molecule has 0 aliphatic rings. The number of carbonyl (C=O) groups is 2. The van der Waals surface area contributed by atoms with E-state index in [4.69, 9.17) is 11.6 Å². The number of pyridine rings is 1. The Labute approximate surface area is 132 Å². The van der Waals surface area contributed by atoms with E-state index in [9.17, 15) is 9.59 Å². The average molecular weight is 317 g/mol. The molecule has 0 radical (unpaired) electrons. The molecule has 0 atom stereocenters. The summed E-state index contributed by atoms with van der Waals surface area (Å²) in [6, 6.07) is 10.3. The van der Waals surface area contributed by atoms with Crippen molar-refractivity contribution in [3.63, 3.8) is 0 Å². The number of hydrogen-bond acceptors (Lipinski definition) is 4. The molecule has 0 bridgehead atoms. The number of nitrogens with one attached hydrogen (secondary N) is 2. The van der Waals surface area contributed by atoms with Gasteiger partial charge in [-0.1, -0.05) is 23.7 Å². The van der Waals surface area contributed by atoms with Crippen molar-refractivity contribution in [2.45, 2.75) is 6.92 Å². The molecule has 7 heteroatoms. The molecule has 22 heavy (non-hydrogen) atoms. The standard InChI is InChI=1S/C15H13ClN4O2/c1-10-5-6-11(16)8-13(10)19-14(21)15(22)20-18-9-12-4-2-3-7-17-12/h2-9H,1H3,(H,19,21)(H,20,22)/b18-9-.